The highest BCUT2D eigenvalue weighted by Crippen LogP contribution is 2.08. The minimum absolute atomic E-state index is 0.317. The quantitative estimate of drug-likeness (QED) is 0.200. The van der Waals surface area contributed by atoms with Crippen molar-refractivity contribution in [3.63, 3.8) is 0 Å². The van der Waals surface area contributed by atoms with E-state index in [1.165, 1.54) is 38.5 Å². The van der Waals surface area contributed by atoms with Crippen LogP contribution >= 0.6 is 0 Å². The number of carbonyl (C=O) groups is 1. The van der Waals surface area contributed by atoms with E-state index < -0.39 is 5.97 Å². The number of unbranched alkanes of at least 4 members (excludes halogenated alkanes) is 8. The molecule has 0 spiro atoms. The van der Waals surface area contributed by atoms with Gasteiger partial charge in [-0.25, -0.2) is 0 Å². The van der Waals surface area contributed by atoms with E-state index in [1.807, 2.05) is 0 Å². The van der Waals surface area contributed by atoms with Gasteiger partial charge in [0.15, 0.2) is 0 Å². The second-order valence-electron chi connectivity index (χ2n) is 6.79. The summed E-state index contributed by atoms with van der Waals surface area (Å²) in [4.78, 5) is 10.4. The van der Waals surface area contributed by atoms with Crippen LogP contribution in [0.4, 0.5) is 0 Å². The molecule has 0 radical (unpaired) electrons. The predicted molar refractivity (Wildman–Crippen MR) is 115 cm³/mol. The lowest BCUT2D eigenvalue weighted by molar-refractivity contribution is -0.137. The summed E-state index contributed by atoms with van der Waals surface area (Å²) in [6, 6.07) is 0. The van der Waals surface area contributed by atoms with E-state index in [0.717, 1.165) is 44.9 Å². The molecule has 148 valence electrons. The van der Waals surface area contributed by atoms with E-state index in [9.17, 15) is 4.79 Å². The number of carboxylic acid groups (broad SMARTS) is 1. The van der Waals surface area contributed by atoms with Crippen LogP contribution in [0.2, 0.25) is 0 Å². The van der Waals surface area contributed by atoms with Crippen molar-refractivity contribution in [2.45, 2.75) is 96.8 Å². The molecule has 26 heavy (non-hydrogen) atoms. The lowest BCUT2D eigenvalue weighted by Gasteiger charge is -1.98. The fourth-order valence-corrected chi connectivity index (χ4v) is 2.63. The van der Waals surface area contributed by atoms with Gasteiger partial charge in [0.1, 0.15) is 0 Å². The second kappa shape index (κ2) is 21.5. The van der Waals surface area contributed by atoms with Crippen LogP contribution in [-0.2, 0) is 4.79 Å². The number of allylic oxidation sites excluding steroid dienone is 8. The molecule has 1 N–H and O–H groups in total. The standard InChI is InChI=1S/C24H40O2/c1-2-3-4-5-6-7-8-9-10-11-12-13-14-15-16-17-18-19-20-21-22-23-24(25)26/h6-7,9-10,12-13,15-16H,2-5,8,11,14,17-23H2,1H3,(H,25,26)/b7-6?,10-9?,13-12?,16-15-. The average Bonchev–Trinajstić information content (AvgIpc) is 2.62. The Morgan fingerprint density at radius 3 is 1.54 bits per heavy atom. The van der Waals surface area contributed by atoms with Crippen LogP contribution < -0.4 is 0 Å². The maximum atomic E-state index is 10.4. The third kappa shape index (κ3) is 22.4. The number of carboxylic acids is 1. The Hall–Kier alpha value is -1.57. The van der Waals surface area contributed by atoms with Crippen molar-refractivity contribution in [1.29, 1.82) is 0 Å². The zero-order valence-corrected chi connectivity index (χ0v) is 16.9. The van der Waals surface area contributed by atoms with Gasteiger partial charge in [0.25, 0.3) is 0 Å². The second-order valence-corrected chi connectivity index (χ2v) is 6.79. The molecule has 0 aromatic rings. The Kier molecular flexibility index (Phi) is 20.2. The zero-order chi connectivity index (χ0) is 19.1. The van der Waals surface area contributed by atoms with Gasteiger partial charge in [-0.15, -0.1) is 0 Å². The van der Waals surface area contributed by atoms with Crippen molar-refractivity contribution >= 4 is 5.97 Å². The Labute approximate surface area is 161 Å². The van der Waals surface area contributed by atoms with Crippen LogP contribution in [0.5, 0.6) is 0 Å². The summed E-state index contributed by atoms with van der Waals surface area (Å²) in [7, 11) is 0. The molecule has 2 nitrogen and oxygen atoms in total. The third-order valence-electron chi connectivity index (χ3n) is 4.22. The first-order chi connectivity index (χ1) is 12.8. The van der Waals surface area contributed by atoms with Crippen molar-refractivity contribution in [3.05, 3.63) is 48.6 Å². The molecule has 0 unspecified atom stereocenters. The van der Waals surface area contributed by atoms with Crippen LogP contribution in [-0.4, -0.2) is 11.1 Å². The Balaban J connectivity index is 3.34. The van der Waals surface area contributed by atoms with Crippen molar-refractivity contribution in [3.8, 4) is 0 Å². The SMILES string of the molecule is CCCCCC=CCC=CCC=CC/C=C\CCCCCCCC(=O)O. The Bertz CT molecular complexity index is 416. The minimum atomic E-state index is -0.675. The van der Waals surface area contributed by atoms with Gasteiger partial charge in [-0.05, 0) is 51.4 Å². The van der Waals surface area contributed by atoms with Crippen LogP contribution in [0, 0.1) is 0 Å². The molecule has 0 aliphatic carbocycles. The van der Waals surface area contributed by atoms with Crippen LogP contribution in [0.15, 0.2) is 48.6 Å². The predicted octanol–water partition coefficient (Wildman–Crippen LogP) is 7.78. The molecule has 0 amide bonds. The summed E-state index contributed by atoms with van der Waals surface area (Å²) < 4.78 is 0. The van der Waals surface area contributed by atoms with Gasteiger partial charge in [-0.3, -0.25) is 4.79 Å². The number of rotatable bonds is 18. The maximum absolute atomic E-state index is 10.4. The third-order valence-corrected chi connectivity index (χ3v) is 4.22. The van der Waals surface area contributed by atoms with Gasteiger partial charge in [0, 0.05) is 6.42 Å². The van der Waals surface area contributed by atoms with E-state index in [4.69, 9.17) is 5.11 Å². The molecule has 0 saturated carbocycles. The van der Waals surface area contributed by atoms with E-state index in [-0.39, 0.29) is 0 Å². The summed E-state index contributed by atoms with van der Waals surface area (Å²) in [5.41, 5.74) is 0. The molecule has 0 fully saturated rings. The fraction of sp³-hybridized carbons (Fsp3) is 0.625. The highest BCUT2D eigenvalue weighted by atomic mass is 16.4. The zero-order valence-electron chi connectivity index (χ0n) is 16.9. The molecule has 0 aromatic heterocycles. The van der Waals surface area contributed by atoms with Gasteiger partial charge < -0.3 is 5.11 Å². The van der Waals surface area contributed by atoms with Gasteiger partial charge in [0.05, 0.1) is 0 Å². The van der Waals surface area contributed by atoms with Crippen LogP contribution in [0.25, 0.3) is 0 Å². The van der Waals surface area contributed by atoms with Crippen molar-refractivity contribution in [2.75, 3.05) is 0 Å². The van der Waals surface area contributed by atoms with Crippen molar-refractivity contribution in [2.24, 2.45) is 0 Å². The summed E-state index contributed by atoms with van der Waals surface area (Å²) in [5.74, 6) is -0.675. The normalized spacial score (nSPS) is 12.3. The summed E-state index contributed by atoms with van der Waals surface area (Å²) in [6.07, 6.45) is 33.2. The highest BCUT2D eigenvalue weighted by molar-refractivity contribution is 5.66. The van der Waals surface area contributed by atoms with Crippen LogP contribution in [0.1, 0.15) is 96.8 Å². The molecule has 0 saturated heterocycles. The van der Waals surface area contributed by atoms with Gasteiger partial charge in [-0.2, -0.15) is 0 Å². The van der Waals surface area contributed by atoms with E-state index in [2.05, 4.69) is 55.5 Å². The molecule has 0 rings (SSSR count). The minimum Gasteiger partial charge on any atom is -0.481 e. The molecular formula is C24H40O2. The number of hydrogen-bond acceptors (Lipinski definition) is 1. The molecule has 0 aliphatic heterocycles. The first kappa shape index (κ1) is 24.4. The molecule has 0 aliphatic rings. The first-order valence-electron chi connectivity index (χ1n) is 10.6. The lowest BCUT2D eigenvalue weighted by atomic mass is 10.1. The maximum Gasteiger partial charge on any atom is 0.303 e. The van der Waals surface area contributed by atoms with Crippen molar-refractivity contribution in [1.82, 2.24) is 0 Å². The highest BCUT2D eigenvalue weighted by Gasteiger charge is 1.95. The smallest absolute Gasteiger partial charge is 0.303 e. The van der Waals surface area contributed by atoms with Gasteiger partial charge in [-0.1, -0.05) is 87.6 Å². The van der Waals surface area contributed by atoms with E-state index in [0.29, 0.717) is 6.42 Å². The van der Waals surface area contributed by atoms with E-state index in [1.54, 1.807) is 0 Å². The molecule has 0 aromatic carbocycles. The summed E-state index contributed by atoms with van der Waals surface area (Å²) in [6.45, 7) is 2.24. The van der Waals surface area contributed by atoms with Gasteiger partial charge >= 0.3 is 5.97 Å². The number of hydrogen-bond donors (Lipinski definition) is 1. The molecular weight excluding hydrogens is 320 g/mol. The lowest BCUT2D eigenvalue weighted by Crippen LogP contribution is -1.93. The van der Waals surface area contributed by atoms with Crippen LogP contribution in [0.3, 0.4) is 0 Å². The monoisotopic (exact) mass is 360 g/mol. The topological polar surface area (TPSA) is 37.3 Å². The summed E-state index contributed by atoms with van der Waals surface area (Å²) in [5, 5.41) is 8.55. The van der Waals surface area contributed by atoms with Crippen molar-refractivity contribution < 1.29 is 9.90 Å². The Morgan fingerprint density at radius 1 is 0.615 bits per heavy atom. The molecule has 0 atom stereocenters. The first-order valence-corrected chi connectivity index (χ1v) is 10.6. The number of aliphatic carboxylic acids is 1. The molecule has 2 heteroatoms. The molecule has 0 heterocycles. The van der Waals surface area contributed by atoms with E-state index >= 15 is 0 Å². The average molecular weight is 361 g/mol. The Morgan fingerprint density at radius 2 is 1.04 bits per heavy atom. The fourth-order valence-electron chi connectivity index (χ4n) is 2.63. The molecule has 0 bridgehead atoms. The van der Waals surface area contributed by atoms with Gasteiger partial charge in [0.2, 0.25) is 0 Å². The summed E-state index contributed by atoms with van der Waals surface area (Å²) >= 11 is 0. The largest absolute Gasteiger partial charge is 0.481 e.